The van der Waals surface area contributed by atoms with E-state index in [0.29, 0.717) is 31.7 Å². The molecule has 3 aromatic carbocycles. The molecule has 3 aromatic rings. The predicted octanol–water partition coefficient (Wildman–Crippen LogP) is 3.14. The highest BCUT2D eigenvalue weighted by atomic mass is 16.5. The third kappa shape index (κ3) is 5.82. The number of benzene rings is 3. The van der Waals surface area contributed by atoms with Crippen LogP contribution in [0.3, 0.4) is 0 Å². The molecule has 3 aliphatic heterocycles. The maximum atomic E-state index is 13.0. The van der Waals surface area contributed by atoms with E-state index in [1.807, 2.05) is 48.5 Å². The molecule has 2 atom stereocenters. The Morgan fingerprint density at radius 2 is 1.71 bits per heavy atom. The number of imide groups is 1. The minimum Gasteiger partial charge on any atom is -0.489 e. The molecule has 2 saturated heterocycles. The zero-order valence-electron chi connectivity index (χ0n) is 22.9. The fraction of sp³-hybridized carbons (Fsp3) is 0.344. The van der Waals surface area contributed by atoms with E-state index >= 15 is 0 Å². The van der Waals surface area contributed by atoms with Crippen LogP contribution >= 0.6 is 0 Å². The zero-order chi connectivity index (χ0) is 28.3. The van der Waals surface area contributed by atoms with Gasteiger partial charge in [0.2, 0.25) is 11.8 Å². The number of hydrogen-bond acceptors (Lipinski definition) is 7. The van der Waals surface area contributed by atoms with Crippen LogP contribution in [0, 0.1) is 0 Å². The van der Waals surface area contributed by atoms with Crippen LogP contribution in [0.15, 0.2) is 66.7 Å². The molecule has 6 rings (SSSR count). The molecule has 0 saturated carbocycles. The first-order chi connectivity index (χ1) is 20.0. The van der Waals surface area contributed by atoms with Gasteiger partial charge in [0.15, 0.2) is 0 Å². The number of para-hydroxylation sites is 1. The third-order valence-corrected chi connectivity index (χ3v) is 8.11. The normalized spacial score (nSPS) is 20.7. The summed E-state index contributed by atoms with van der Waals surface area (Å²) in [4.78, 5) is 40.8. The maximum Gasteiger partial charge on any atom is 0.255 e. The lowest BCUT2D eigenvalue weighted by atomic mass is 10.0. The van der Waals surface area contributed by atoms with E-state index in [1.54, 1.807) is 11.0 Å². The van der Waals surface area contributed by atoms with E-state index < -0.39 is 11.9 Å². The van der Waals surface area contributed by atoms with Crippen LogP contribution < -0.4 is 20.5 Å². The summed E-state index contributed by atoms with van der Waals surface area (Å²) in [5.41, 5.74) is 10.6. The van der Waals surface area contributed by atoms with Crippen molar-refractivity contribution in [1.82, 2.24) is 15.1 Å². The van der Waals surface area contributed by atoms with Gasteiger partial charge in [-0.15, -0.1) is 0 Å². The van der Waals surface area contributed by atoms with Crippen molar-refractivity contribution in [3.63, 3.8) is 0 Å². The summed E-state index contributed by atoms with van der Waals surface area (Å²) in [5.74, 6) is 0.710. The average Bonchev–Trinajstić information content (AvgIpc) is 3.55. The standard InChI is InChI=1S/C32H34N4O5/c33-16-21-5-1-2-7-23(21)20-40-29-8-4-3-6-22(29)17-35-14-13-26(19-35)41-25-9-10-27-24(15-25)18-36(32(27)39)28-11-12-30(37)34-31(28)38/h1-10,15,26,28H,11-14,16-20,33H2,(H,34,37,38)/t26-,28?/m0/s1. The lowest BCUT2D eigenvalue weighted by Gasteiger charge is -2.29. The maximum absolute atomic E-state index is 13.0. The Bertz CT molecular complexity index is 1470. The van der Waals surface area contributed by atoms with Crippen LogP contribution in [0.5, 0.6) is 11.5 Å². The molecular formula is C32H34N4O5. The van der Waals surface area contributed by atoms with Crippen molar-refractivity contribution in [2.45, 2.75) is 57.6 Å². The van der Waals surface area contributed by atoms with Gasteiger partial charge < -0.3 is 20.1 Å². The van der Waals surface area contributed by atoms with E-state index in [1.165, 1.54) is 0 Å². The summed E-state index contributed by atoms with van der Waals surface area (Å²) in [6.45, 7) is 3.73. The fourth-order valence-corrected chi connectivity index (χ4v) is 5.92. The summed E-state index contributed by atoms with van der Waals surface area (Å²) >= 11 is 0. The second kappa shape index (κ2) is 11.7. The molecule has 0 spiro atoms. The largest absolute Gasteiger partial charge is 0.489 e. The number of piperidine rings is 1. The second-order valence-electron chi connectivity index (χ2n) is 10.9. The Hall–Kier alpha value is -4.21. The Kier molecular flexibility index (Phi) is 7.71. The lowest BCUT2D eigenvalue weighted by molar-refractivity contribution is -0.136. The van der Waals surface area contributed by atoms with Crippen LogP contribution in [-0.4, -0.2) is 52.8 Å². The Morgan fingerprint density at radius 3 is 2.51 bits per heavy atom. The third-order valence-electron chi connectivity index (χ3n) is 8.11. The number of rotatable bonds is 9. The molecule has 3 amide bonds. The van der Waals surface area contributed by atoms with Gasteiger partial charge in [-0.05, 0) is 53.8 Å². The average molecular weight is 555 g/mol. The van der Waals surface area contributed by atoms with Gasteiger partial charge in [0.05, 0.1) is 0 Å². The molecule has 2 fully saturated rings. The number of carbonyl (C=O) groups excluding carboxylic acids is 3. The number of nitrogens with two attached hydrogens (primary N) is 1. The van der Waals surface area contributed by atoms with Gasteiger partial charge in [-0.25, -0.2) is 0 Å². The van der Waals surface area contributed by atoms with Crippen molar-refractivity contribution in [3.05, 3.63) is 94.5 Å². The van der Waals surface area contributed by atoms with Crippen LogP contribution in [0.2, 0.25) is 0 Å². The summed E-state index contributed by atoms with van der Waals surface area (Å²) in [5, 5.41) is 2.34. The van der Waals surface area contributed by atoms with Gasteiger partial charge in [0, 0.05) is 50.3 Å². The van der Waals surface area contributed by atoms with Crippen molar-refractivity contribution >= 4 is 17.7 Å². The molecular weight excluding hydrogens is 520 g/mol. The highest BCUT2D eigenvalue weighted by Crippen LogP contribution is 2.31. The van der Waals surface area contributed by atoms with Gasteiger partial charge in [-0.1, -0.05) is 42.5 Å². The first-order valence-corrected chi connectivity index (χ1v) is 14.1. The van der Waals surface area contributed by atoms with Crippen molar-refractivity contribution in [3.8, 4) is 11.5 Å². The molecule has 0 aliphatic carbocycles. The summed E-state index contributed by atoms with van der Waals surface area (Å²) in [6, 6.07) is 21.1. The molecule has 9 heteroatoms. The fourth-order valence-electron chi connectivity index (χ4n) is 5.92. The monoisotopic (exact) mass is 554 g/mol. The highest BCUT2D eigenvalue weighted by molar-refractivity contribution is 6.05. The number of amides is 3. The Balaban J connectivity index is 1.05. The highest BCUT2D eigenvalue weighted by Gasteiger charge is 2.39. The molecule has 0 bridgehead atoms. The van der Waals surface area contributed by atoms with Gasteiger partial charge in [0.1, 0.15) is 30.3 Å². The second-order valence-corrected chi connectivity index (χ2v) is 10.9. The summed E-state index contributed by atoms with van der Waals surface area (Å²) in [7, 11) is 0. The number of hydrogen-bond donors (Lipinski definition) is 2. The molecule has 0 radical (unpaired) electrons. The Morgan fingerprint density at radius 1 is 0.927 bits per heavy atom. The topological polar surface area (TPSA) is 114 Å². The first kappa shape index (κ1) is 27.0. The smallest absolute Gasteiger partial charge is 0.255 e. The number of nitrogens with one attached hydrogen (secondary N) is 1. The minimum absolute atomic E-state index is 0.0286. The number of fused-ring (bicyclic) bond motifs is 1. The van der Waals surface area contributed by atoms with Crippen LogP contribution in [0.1, 0.15) is 51.9 Å². The van der Waals surface area contributed by atoms with Crippen molar-refractivity contribution < 1.29 is 23.9 Å². The number of likely N-dealkylation sites (tertiary alicyclic amines) is 1. The zero-order valence-corrected chi connectivity index (χ0v) is 22.9. The minimum atomic E-state index is -0.623. The van der Waals surface area contributed by atoms with Crippen LogP contribution in [0.25, 0.3) is 0 Å². The van der Waals surface area contributed by atoms with E-state index in [0.717, 1.165) is 59.8 Å². The van der Waals surface area contributed by atoms with Crippen molar-refractivity contribution in [1.29, 1.82) is 0 Å². The molecule has 1 unspecified atom stereocenters. The quantitative estimate of drug-likeness (QED) is 0.391. The molecule has 212 valence electrons. The lowest BCUT2D eigenvalue weighted by Crippen LogP contribution is -2.52. The van der Waals surface area contributed by atoms with E-state index in [9.17, 15) is 14.4 Å². The van der Waals surface area contributed by atoms with Crippen molar-refractivity contribution in [2.24, 2.45) is 5.73 Å². The Labute approximate surface area is 239 Å². The van der Waals surface area contributed by atoms with Crippen LogP contribution in [-0.2, 0) is 35.8 Å². The van der Waals surface area contributed by atoms with Gasteiger partial charge >= 0.3 is 0 Å². The number of nitrogens with zero attached hydrogens (tertiary/aromatic N) is 2. The van der Waals surface area contributed by atoms with E-state index in [4.69, 9.17) is 15.2 Å². The number of ether oxygens (including phenoxy) is 2. The van der Waals surface area contributed by atoms with E-state index in [-0.39, 0.29) is 24.3 Å². The molecule has 9 nitrogen and oxygen atoms in total. The SMILES string of the molecule is NCc1ccccc1COc1ccccc1CN1CC[C@H](Oc2ccc3c(c2)CN(C2CCC(=O)NC2=O)C3=O)C1. The predicted molar refractivity (Wildman–Crippen MR) is 152 cm³/mol. The van der Waals surface area contributed by atoms with Gasteiger partial charge in [-0.2, -0.15) is 0 Å². The summed E-state index contributed by atoms with van der Waals surface area (Å²) < 4.78 is 12.6. The van der Waals surface area contributed by atoms with Gasteiger partial charge in [-0.3, -0.25) is 24.6 Å². The molecule has 3 aliphatic rings. The molecule has 0 aromatic heterocycles. The van der Waals surface area contributed by atoms with E-state index in [2.05, 4.69) is 22.3 Å². The van der Waals surface area contributed by atoms with Gasteiger partial charge in [0.25, 0.3) is 5.91 Å². The van der Waals surface area contributed by atoms with Crippen LogP contribution in [0.4, 0.5) is 0 Å². The molecule has 3 N–H and O–H groups in total. The molecule has 3 heterocycles. The van der Waals surface area contributed by atoms with Crippen molar-refractivity contribution in [2.75, 3.05) is 13.1 Å². The number of carbonyl (C=O) groups is 3. The molecule has 41 heavy (non-hydrogen) atoms. The summed E-state index contributed by atoms with van der Waals surface area (Å²) in [6.07, 6.45) is 1.51. The first-order valence-electron chi connectivity index (χ1n) is 14.1.